The second kappa shape index (κ2) is 18.6. The molecule has 59 heavy (non-hydrogen) atoms. The van der Waals surface area contributed by atoms with Crippen LogP contribution in [-0.4, -0.2) is 106 Å². The van der Waals surface area contributed by atoms with Gasteiger partial charge in [0.25, 0.3) is 38.0 Å². The second-order valence-electron chi connectivity index (χ2n) is 11.5. The van der Waals surface area contributed by atoms with Gasteiger partial charge in [0.15, 0.2) is 11.4 Å². The molecule has 0 radical (unpaired) electrons. The van der Waals surface area contributed by atoms with Gasteiger partial charge in [-0.3, -0.25) is 28.3 Å². The Hall–Kier alpha value is -5.50. The summed E-state index contributed by atoms with van der Waals surface area (Å²) in [5.74, 6) is -4.13. The summed E-state index contributed by atoms with van der Waals surface area (Å²) in [6, 6.07) is 6.17. The van der Waals surface area contributed by atoms with E-state index in [2.05, 4.69) is 39.6 Å². The number of allylic oxidation sites excluding steroid dienone is 3. The van der Waals surface area contributed by atoms with Crippen LogP contribution < -0.4 is 15.6 Å². The molecule has 1 fully saturated rings. The predicted molar refractivity (Wildman–Crippen MR) is 201 cm³/mol. The van der Waals surface area contributed by atoms with Crippen LogP contribution in [0.25, 0.3) is 11.8 Å². The van der Waals surface area contributed by atoms with E-state index in [-0.39, 0.29) is 34.0 Å². The Morgan fingerprint density at radius 1 is 0.881 bits per heavy atom. The van der Waals surface area contributed by atoms with Gasteiger partial charge >= 0.3 is 0 Å². The van der Waals surface area contributed by atoms with Crippen LogP contribution in [0.15, 0.2) is 90.6 Å². The van der Waals surface area contributed by atoms with E-state index in [4.69, 9.17) is 10.5 Å². The molecule has 1 saturated heterocycles. The quantitative estimate of drug-likeness (QED) is 0.0269. The second-order valence-corrected chi connectivity index (χ2v) is 15.9. The van der Waals surface area contributed by atoms with E-state index in [1.54, 1.807) is 0 Å². The molecule has 3 aromatic rings. The van der Waals surface area contributed by atoms with Crippen molar-refractivity contribution in [1.29, 1.82) is 0 Å². The smallest absolute Gasteiger partial charge is 0.296 e. The summed E-state index contributed by atoms with van der Waals surface area (Å²) in [5, 5.41) is 48.8. The first kappa shape index (κ1) is 44.6. The van der Waals surface area contributed by atoms with Crippen LogP contribution in [0.4, 0.5) is 5.69 Å². The van der Waals surface area contributed by atoms with E-state index in [1.165, 1.54) is 31.1 Å². The van der Waals surface area contributed by atoms with Crippen LogP contribution in [-0.2, 0) is 53.4 Å². The van der Waals surface area contributed by atoms with Crippen LogP contribution in [0.5, 0.6) is 5.88 Å². The number of anilines is 1. The number of hydrazone groups is 1. The molecule has 0 aliphatic carbocycles. The number of carbonyl (C=O) groups is 4. The summed E-state index contributed by atoms with van der Waals surface area (Å²) >= 11 is 0.775. The van der Waals surface area contributed by atoms with Crippen molar-refractivity contribution in [2.75, 3.05) is 25.6 Å². The van der Waals surface area contributed by atoms with Crippen LogP contribution in [0.1, 0.15) is 28.9 Å². The number of likely N-dealkylation sites (tertiary alicyclic amines) is 1. The normalized spacial score (nSPS) is 15.8. The molecule has 1 aromatic heterocycles. The maximum absolute atomic E-state index is 13.9. The van der Waals surface area contributed by atoms with Crippen molar-refractivity contribution in [3.63, 3.8) is 0 Å². The van der Waals surface area contributed by atoms with E-state index in [0.717, 1.165) is 48.6 Å². The van der Waals surface area contributed by atoms with Gasteiger partial charge in [0, 0.05) is 42.5 Å². The molecule has 5 rings (SSSR count). The minimum Gasteiger partial charge on any atom is -0.493 e. The molecular weight excluding hydrogens is 871 g/mol. The summed E-state index contributed by atoms with van der Waals surface area (Å²) in [6.07, 6.45) is 5.13. The zero-order chi connectivity index (χ0) is 43.2. The highest BCUT2D eigenvalue weighted by Gasteiger charge is 2.37. The van der Waals surface area contributed by atoms with E-state index in [9.17, 15) is 50.2 Å². The molecule has 2 aromatic carbocycles. The summed E-state index contributed by atoms with van der Waals surface area (Å²) in [6.45, 7) is 0.145. The van der Waals surface area contributed by atoms with E-state index < -0.39 is 87.9 Å². The first-order valence-electron chi connectivity index (χ1n) is 16.1. The molecule has 2 aliphatic rings. The molecule has 24 nitrogen and oxygen atoms in total. The SMILES string of the molecule is CNC(=O)C1=NN(c2cc(SOOO)ccc2S(=O)(=O)O)C(=O)/C1=C/C=C(/C=C/c1c(C(=O)NC)nn(-c2cc(SOOO)ccc2S(=O)(=O)O)c1O)N1CCCC1=O. The predicted octanol–water partition coefficient (Wildman–Crippen LogP) is 1.88. The maximum atomic E-state index is 13.9. The van der Waals surface area contributed by atoms with Crippen LogP contribution in [0, 0.1) is 0 Å². The topological polar surface area (TPSA) is 335 Å². The lowest BCUT2D eigenvalue weighted by molar-refractivity contribution is -0.432. The summed E-state index contributed by atoms with van der Waals surface area (Å²) < 4.78 is 78.4. The fraction of sp³-hybridized carbons (Fsp3) is 0.161. The molecule has 314 valence electrons. The molecule has 3 heterocycles. The lowest BCUT2D eigenvalue weighted by Crippen LogP contribution is -2.29. The van der Waals surface area contributed by atoms with Gasteiger partial charge in [0.05, 0.1) is 46.6 Å². The molecule has 4 amide bonds. The number of nitrogens with one attached hydrogen (secondary N) is 2. The molecule has 0 atom stereocenters. The Labute approximate surface area is 341 Å². The lowest BCUT2D eigenvalue weighted by Gasteiger charge is -2.17. The molecule has 0 saturated carbocycles. The van der Waals surface area contributed by atoms with E-state index >= 15 is 0 Å². The van der Waals surface area contributed by atoms with Crippen molar-refractivity contribution in [1.82, 2.24) is 25.3 Å². The monoisotopic (exact) mass is 899 g/mol. The molecular formula is C31H29N7O17S4. The number of aromatic nitrogens is 2. The van der Waals surface area contributed by atoms with Gasteiger partial charge in [-0.1, -0.05) is 10.1 Å². The van der Waals surface area contributed by atoms with Crippen LogP contribution in [0.2, 0.25) is 0 Å². The van der Waals surface area contributed by atoms with Crippen molar-refractivity contribution in [2.45, 2.75) is 32.4 Å². The molecule has 7 N–H and O–H groups in total. The van der Waals surface area contributed by atoms with Crippen molar-refractivity contribution in [3.8, 4) is 11.6 Å². The van der Waals surface area contributed by atoms with Crippen LogP contribution in [0.3, 0.4) is 0 Å². The highest BCUT2D eigenvalue weighted by atomic mass is 32.2. The number of hydrogen-bond donors (Lipinski definition) is 7. The standard InChI is InChI=1S/C31H29N7O17S4/c1-32-28(40)26-19(30(42)37(34-26)21-14-17(56-54-52-44)7-11-23(21)58(46,47)48)9-5-16(36-13-3-4-25(36)39)6-10-20-27(29(41)33-2)35-38(31(20)43)22-15-18(57-55-53-45)8-12-24(22)59(49,50)51/h5-12,14-15,42,44-45H,3-4,13H2,1-2H3,(H,32,40)(H,33,41)(H,46,47,48)(H,49,50,51)/b9-5+,16-6-,20-10+. The fourth-order valence-corrected chi connectivity index (χ4v) is 7.60. The molecule has 0 bridgehead atoms. The molecule has 0 unspecified atom stereocenters. The molecule has 28 heteroatoms. The average Bonchev–Trinajstić information content (AvgIpc) is 3.88. The van der Waals surface area contributed by atoms with Gasteiger partial charge < -0.3 is 20.6 Å². The third-order valence-corrected chi connectivity index (χ3v) is 11.0. The summed E-state index contributed by atoms with van der Waals surface area (Å²) in [5.41, 5.74) is -2.83. The van der Waals surface area contributed by atoms with E-state index in [1.807, 2.05) is 0 Å². The maximum Gasteiger partial charge on any atom is 0.296 e. The number of nitrogens with zero attached hydrogens (tertiary/aromatic N) is 5. The van der Waals surface area contributed by atoms with Crippen LogP contribution >= 0.6 is 24.1 Å². The van der Waals surface area contributed by atoms with Crippen molar-refractivity contribution in [2.24, 2.45) is 5.10 Å². The van der Waals surface area contributed by atoms with Gasteiger partial charge in [-0.15, -0.1) is 8.67 Å². The highest BCUT2D eigenvalue weighted by molar-refractivity contribution is 7.94. The number of hydrogen-bond acceptors (Lipinski definition) is 19. The molecule has 0 spiro atoms. The summed E-state index contributed by atoms with van der Waals surface area (Å²) in [4.78, 5) is 52.7. The minimum atomic E-state index is -5.01. The fourth-order valence-electron chi connectivity index (χ4n) is 5.51. The first-order valence-corrected chi connectivity index (χ1v) is 20.4. The minimum absolute atomic E-state index is 0.00821. The van der Waals surface area contributed by atoms with Gasteiger partial charge in [0.2, 0.25) is 11.8 Å². The summed E-state index contributed by atoms with van der Waals surface area (Å²) in [7, 11) is -7.55. The number of rotatable bonds is 16. The average molecular weight is 900 g/mol. The van der Waals surface area contributed by atoms with Gasteiger partial charge in [-0.05, 0) is 67.1 Å². The van der Waals surface area contributed by atoms with Gasteiger partial charge in [-0.2, -0.15) is 36.7 Å². The number of benzene rings is 2. The van der Waals surface area contributed by atoms with Crippen molar-refractivity contribution >= 4 is 85.4 Å². The Morgan fingerprint density at radius 2 is 1.46 bits per heavy atom. The Bertz CT molecular complexity index is 2550. The third kappa shape index (κ3) is 9.86. The Balaban J connectivity index is 1.66. The largest absolute Gasteiger partial charge is 0.493 e. The molecule has 2 aliphatic heterocycles. The zero-order valence-corrected chi connectivity index (χ0v) is 33.2. The zero-order valence-electron chi connectivity index (χ0n) is 29.9. The Kier molecular flexibility index (Phi) is 14.1. The van der Waals surface area contributed by atoms with Gasteiger partial charge in [0.1, 0.15) is 9.79 Å². The van der Waals surface area contributed by atoms with Crippen molar-refractivity contribution < 1.29 is 79.5 Å². The van der Waals surface area contributed by atoms with E-state index in [0.29, 0.717) is 40.2 Å². The lowest BCUT2D eigenvalue weighted by atomic mass is 10.1. The number of aromatic hydroxyl groups is 1. The highest BCUT2D eigenvalue weighted by Crippen LogP contribution is 2.36. The Morgan fingerprint density at radius 3 is 1.98 bits per heavy atom. The number of amides is 4. The first-order chi connectivity index (χ1) is 27.9. The third-order valence-electron chi connectivity index (χ3n) is 8.08. The number of carbonyl (C=O) groups excluding carboxylic acids is 4. The van der Waals surface area contributed by atoms with Gasteiger partial charge in [-0.25, -0.2) is 10.5 Å². The van der Waals surface area contributed by atoms with Crippen molar-refractivity contribution in [3.05, 3.63) is 77.2 Å².